The van der Waals surface area contributed by atoms with Crippen LogP contribution in [0, 0.1) is 36.5 Å². The maximum Gasteiger partial charge on any atom is 0.238 e. The second kappa shape index (κ2) is 5.76. The minimum absolute atomic E-state index is 0.175. The van der Waals surface area contributed by atoms with Gasteiger partial charge in [-0.3, -0.25) is 4.79 Å². The lowest BCUT2D eigenvalue weighted by Crippen LogP contribution is -2.37. The summed E-state index contributed by atoms with van der Waals surface area (Å²) in [4.78, 5) is 12.5. The largest absolute Gasteiger partial charge is 0.348 e. The van der Waals surface area contributed by atoms with Crippen molar-refractivity contribution in [2.45, 2.75) is 44.5 Å². The van der Waals surface area contributed by atoms with Gasteiger partial charge in [0, 0.05) is 5.41 Å². The van der Waals surface area contributed by atoms with Gasteiger partial charge in [-0.25, -0.2) is 0 Å². The fourth-order valence-electron chi connectivity index (χ4n) is 2.91. The first-order chi connectivity index (χ1) is 10.1. The standard InChI is InChI=1S/C17H20Cl2N2O/c1-10-5-6-13(11(2)7-10)12(3)21-15(22)14(8-20)16(4)9-17(16,18)19/h5-7,12,14H,9H2,1-4H3,(H,21,22). The molecule has 1 aromatic carbocycles. The van der Waals surface area contributed by atoms with Gasteiger partial charge < -0.3 is 5.32 Å². The average Bonchev–Trinajstić information content (AvgIpc) is 2.88. The summed E-state index contributed by atoms with van der Waals surface area (Å²) >= 11 is 12.2. The number of hydrogen-bond acceptors (Lipinski definition) is 2. The third kappa shape index (κ3) is 2.95. The third-order valence-corrected chi connectivity index (χ3v) is 5.71. The molecule has 0 aliphatic heterocycles. The quantitative estimate of drug-likeness (QED) is 0.836. The minimum atomic E-state index is -0.992. The van der Waals surface area contributed by atoms with Gasteiger partial charge in [0.2, 0.25) is 5.91 Å². The lowest BCUT2D eigenvalue weighted by Gasteiger charge is -2.22. The van der Waals surface area contributed by atoms with Crippen molar-refractivity contribution < 1.29 is 4.79 Å². The Hall–Kier alpha value is -1.24. The average molecular weight is 339 g/mol. The van der Waals surface area contributed by atoms with Gasteiger partial charge in [0.1, 0.15) is 10.3 Å². The van der Waals surface area contributed by atoms with E-state index in [1.807, 2.05) is 32.9 Å². The molecule has 3 unspecified atom stereocenters. The van der Waals surface area contributed by atoms with Crippen molar-refractivity contribution in [2.75, 3.05) is 0 Å². The van der Waals surface area contributed by atoms with E-state index in [0.717, 1.165) is 11.1 Å². The fraction of sp³-hybridized carbons (Fsp3) is 0.529. The highest BCUT2D eigenvalue weighted by Crippen LogP contribution is 2.67. The minimum Gasteiger partial charge on any atom is -0.348 e. The van der Waals surface area contributed by atoms with Gasteiger partial charge in [0.15, 0.2) is 0 Å². The van der Waals surface area contributed by atoms with E-state index in [1.54, 1.807) is 6.92 Å². The van der Waals surface area contributed by atoms with E-state index in [0.29, 0.717) is 6.42 Å². The van der Waals surface area contributed by atoms with Gasteiger partial charge >= 0.3 is 0 Å². The summed E-state index contributed by atoms with van der Waals surface area (Å²) in [6.07, 6.45) is 0.451. The summed E-state index contributed by atoms with van der Waals surface area (Å²) in [5, 5.41) is 12.3. The number of alkyl halides is 2. The van der Waals surface area contributed by atoms with Crippen LogP contribution in [0.4, 0.5) is 0 Å². The van der Waals surface area contributed by atoms with Crippen molar-refractivity contribution in [1.82, 2.24) is 5.32 Å². The van der Waals surface area contributed by atoms with Crippen LogP contribution in [0.5, 0.6) is 0 Å². The molecule has 1 aliphatic rings. The zero-order valence-corrected chi connectivity index (χ0v) is 14.7. The molecule has 1 aliphatic carbocycles. The topological polar surface area (TPSA) is 52.9 Å². The molecule has 3 nitrogen and oxygen atoms in total. The van der Waals surface area contributed by atoms with E-state index < -0.39 is 15.7 Å². The highest BCUT2D eigenvalue weighted by molar-refractivity contribution is 6.51. The Morgan fingerprint density at radius 3 is 2.45 bits per heavy atom. The highest BCUT2D eigenvalue weighted by atomic mass is 35.5. The number of nitriles is 1. The van der Waals surface area contributed by atoms with Gasteiger partial charge in [-0.1, -0.05) is 30.7 Å². The number of hydrogen-bond donors (Lipinski definition) is 1. The van der Waals surface area contributed by atoms with E-state index in [2.05, 4.69) is 17.5 Å². The van der Waals surface area contributed by atoms with Gasteiger partial charge in [-0.2, -0.15) is 5.26 Å². The second-order valence-corrected chi connectivity index (χ2v) is 7.94. The van der Waals surface area contributed by atoms with E-state index in [4.69, 9.17) is 23.2 Å². The SMILES string of the molecule is Cc1ccc(C(C)NC(=O)C(C#N)C2(C)CC2(Cl)Cl)c(C)c1. The molecule has 1 fully saturated rings. The number of halogens is 2. The normalized spacial score (nSPS) is 25.0. The summed E-state index contributed by atoms with van der Waals surface area (Å²) in [6, 6.07) is 7.97. The molecule has 1 amide bonds. The van der Waals surface area contributed by atoms with E-state index in [-0.39, 0.29) is 11.9 Å². The summed E-state index contributed by atoms with van der Waals surface area (Å²) < 4.78 is -0.992. The van der Waals surface area contributed by atoms with E-state index in [1.165, 1.54) is 5.56 Å². The Balaban J connectivity index is 2.13. The van der Waals surface area contributed by atoms with Gasteiger partial charge in [0.05, 0.1) is 12.1 Å². The zero-order valence-electron chi connectivity index (χ0n) is 13.2. The first kappa shape index (κ1) is 17.1. The first-order valence-electron chi connectivity index (χ1n) is 7.27. The number of rotatable bonds is 4. The fourth-order valence-corrected chi connectivity index (χ4v) is 3.68. The van der Waals surface area contributed by atoms with Crippen molar-refractivity contribution in [1.29, 1.82) is 5.26 Å². The van der Waals surface area contributed by atoms with Gasteiger partial charge in [-0.15, -0.1) is 23.2 Å². The number of benzene rings is 1. The van der Waals surface area contributed by atoms with Crippen LogP contribution < -0.4 is 5.32 Å². The summed E-state index contributed by atoms with van der Waals surface area (Å²) in [7, 11) is 0. The molecule has 3 atom stereocenters. The van der Waals surface area contributed by atoms with Crippen molar-refractivity contribution >= 4 is 29.1 Å². The van der Waals surface area contributed by atoms with Crippen LogP contribution in [0.15, 0.2) is 18.2 Å². The molecule has 0 spiro atoms. The molecule has 2 rings (SSSR count). The van der Waals surface area contributed by atoms with Gasteiger partial charge in [-0.05, 0) is 38.3 Å². The van der Waals surface area contributed by atoms with Crippen LogP contribution in [-0.2, 0) is 4.79 Å². The molecule has 0 heterocycles. The van der Waals surface area contributed by atoms with Crippen LogP contribution >= 0.6 is 23.2 Å². The molecule has 1 saturated carbocycles. The molecule has 0 bridgehead atoms. The van der Waals surface area contributed by atoms with Gasteiger partial charge in [0.25, 0.3) is 0 Å². The molecule has 0 saturated heterocycles. The molecular formula is C17H20Cl2N2O. The predicted octanol–water partition coefficient (Wildman–Crippen LogP) is 4.20. The van der Waals surface area contributed by atoms with Crippen LogP contribution in [-0.4, -0.2) is 10.2 Å². The first-order valence-corrected chi connectivity index (χ1v) is 8.03. The van der Waals surface area contributed by atoms with E-state index in [9.17, 15) is 10.1 Å². The highest BCUT2D eigenvalue weighted by Gasteiger charge is 2.68. The smallest absolute Gasteiger partial charge is 0.238 e. The summed E-state index contributed by atoms with van der Waals surface area (Å²) in [6.45, 7) is 7.73. The molecule has 0 aromatic heterocycles. The molecule has 1 aromatic rings. The Bertz CT molecular complexity index is 651. The number of carbonyl (C=O) groups excluding carboxylic acids is 1. The summed E-state index contributed by atoms with van der Waals surface area (Å²) in [5.41, 5.74) is 2.65. The Morgan fingerprint density at radius 2 is 2.00 bits per heavy atom. The van der Waals surface area contributed by atoms with Crippen molar-refractivity contribution in [2.24, 2.45) is 11.3 Å². The number of nitrogens with zero attached hydrogens (tertiary/aromatic N) is 1. The Kier molecular flexibility index (Phi) is 4.48. The molecule has 0 radical (unpaired) electrons. The second-order valence-electron chi connectivity index (χ2n) is 6.45. The van der Waals surface area contributed by atoms with Crippen molar-refractivity contribution in [3.05, 3.63) is 34.9 Å². The zero-order chi connectivity index (χ0) is 16.7. The maximum atomic E-state index is 12.5. The molecule has 1 N–H and O–H groups in total. The Labute approximate surface area is 141 Å². The number of carbonyl (C=O) groups is 1. The molecule has 118 valence electrons. The van der Waals surface area contributed by atoms with Crippen molar-refractivity contribution in [3.8, 4) is 6.07 Å². The Morgan fingerprint density at radius 1 is 1.41 bits per heavy atom. The van der Waals surface area contributed by atoms with Crippen LogP contribution in [0.3, 0.4) is 0 Å². The maximum absolute atomic E-state index is 12.5. The molecule has 22 heavy (non-hydrogen) atoms. The number of nitrogens with one attached hydrogen (secondary N) is 1. The predicted molar refractivity (Wildman–Crippen MR) is 88.7 cm³/mol. The molecular weight excluding hydrogens is 319 g/mol. The monoisotopic (exact) mass is 338 g/mol. The van der Waals surface area contributed by atoms with E-state index >= 15 is 0 Å². The van der Waals surface area contributed by atoms with Crippen LogP contribution in [0.25, 0.3) is 0 Å². The lowest BCUT2D eigenvalue weighted by molar-refractivity contribution is -0.125. The number of aryl methyl sites for hydroxylation is 2. The number of amides is 1. The van der Waals surface area contributed by atoms with Crippen LogP contribution in [0.1, 0.15) is 43.0 Å². The van der Waals surface area contributed by atoms with Crippen LogP contribution in [0.2, 0.25) is 0 Å². The summed E-state index contributed by atoms with van der Waals surface area (Å²) in [5.74, 6) is -1.17. The lowest BCUT2D eigenvalue weighted by atomic mass is 9.90. The third-order valence-electron chi connectivity index (χ3n) is 4.58. The van der Waals surface area contributed by atoms with Crippen molar-refractivity contribution in [3.63, 3.8) is 0 Å². The molecule has 5 heteroatoms.